The Kier molecular flexibility index (Phi) is 5.22. The summed E-state index contributed by atoms with van der Waals surface area (Å²) >= 11 is 0. The maximum atomic E-state index is 12.4. The minimum atomic E-state index is -0.980. The number of benzene rings is 3. The summed E-state index contributed by atoms with van der Waals surface area (Å²) in [5.74, 6) is -1.36. The molecule has 30 heavy (non-hydrogen) atoms. The number of aromatic nitrogens is 1. The summed E-state index contributed by atoms with van der Waals surface area (Å²) in [6, 6.07) is 19.0. The standard InChI is InChI=1S/C24H19NO5/c26-22-19(13-16-3-5-18(6-4-16)23(27)28)9-7-17-8-10-20(14-21(17)22)24(29)30-15-25-11-1-2-12-25/h1-12,14,26H,13,15H2,(H,27,28). The van der Waals surface area contributed by atoms with Crippen LogP contribution in [0.2, 0.25) is 0 Å². The maximum Gasteiger partial charge on any atom is 0.339 e. The first-order valence-electron chi connectivity index (χ1n) is 9.36. The predicted octanol–water partition coefficient (Wildman–Crippen LogP) is 4.45. The van der Waals surface area contributed by atoms with Crippen molar-refractivity contribution in [3.8, 4) is 5.75 Å². The lowest BCUT2D eigenvalue weighted by atomic mass is 9.98. The van der Waals surface area contributed by atoms with Crippen LogP contribution < -0.4 is 0 Å². The first kappa shape index (κ1) is 19.3. The number of fused-ring (bicyclic) bond motifs is 1. The van der Waals surface area contributed by atoms with E-state index in [1.165, 1.54) is 12.1 Å². The van der Waals surface area contributed by atoms with Crippen LogP contribution in [0.1, 0.15) is 31.8 Å². The number of carboxylic acid groups (broad SMARTS) is 1. The van der Waals surface area contributed by atoms with Gasteiger partial charge in [-0.05, 0) is 52.9 Å². The summed E-state index contributed by atoms with van der Waals surface area (Å²) in [7, 11) is 0. The smallest absolute Gasteiger partial charge is 0.339 e. The van der Waals surface area contributed by atoms with E-state index in [0.29, 0.717) is 22.9 Å². The minimum Gasteiger partial charge on any atom is -0.507 e. The largest absolute Gasteiger partial charge is 0.507 e. The molecule has 2 N–H and O–H groups in total. The molecule has 0 atom stereocenters. The number of ether oxygens (including phenoxy) is 1. The van der Waals surface area contributed by atoms with Gasteiger partial charge < -0.3 is 19.5 Å². The summed E-state index contributed by atoms with van der Waals surface area (Å²) in [5.41, 5.74) is 2.12. The molecule has 0 spiro atoms. The lowest BCUT2D eigenvalue weighted by Gasteiger charge is -2.11. The van der Waals surface area contributed by atoms with Crippen LogP contribution in [0.5, 0.6) is 5.75 Å². The van der Waals surface area contributed by atoms with Crippen LogP contribution >= 0.6 is 0 Å². The molecule has 4 aromatic rings. The van der Waals surface area contributed by atoms with Gasteiger partial charge in [0, 0.05) is 24.2 Å². The molecule has 0 aliphatic heterocycles. The Labute approximate surface area is 172 Å². The van der Waals surface area contributed by atoms with Crippen LogP contribution in [-0.2, 0) is 17.9 Å². The second-order valence-electron chi connectivity index (χ2n) is 6.95. The topological polar surface area (TPSA) is 88.8 Å². The molecule has 1 aromatic heterocycles. The number of phenols is 1. The number of esters is 1. The van der Waals surface area contributed by atoms with Gasteiger partial charge in [0.1, 0.15) is 5.75 Å². The number of aromatic hydroxyl groups is 1. The van der Waals surface area contributed by atoms with Gasteiger partial charge in [-0.1, -0.05) is 30.3 Å². The summed E-state index contributed by atoms with van der Waals surface area (Å²) in [5, 5.41) is 21.2. The van der Waals surface area contributed by atoms with E-state index in [9.17, 15) is 14.7 Å². The van der Waals surface area contributed by atoms with Crippen LogP contribution in [0.15, 0.2) is 79.1 Å². The van der Waals surface area contributed by atoms with Gasteiger partial charge >= 0.3 is 11.9 Å². The first-order chi connectivity index (χ1) is 14.5. The zero-order valence-electron chi connectivity index (χ0n) is 16.0. The molecule has 0 fully saturated rings. The first-order valence-corrected chi connectivity index (χ1v) is 9.36. The molecule has 1 heterocycles. The van der Waals surface area contributed by atoms with Crippen molar-refractivity contribution in [1.29, 1.82) is 0 Å². The van der Waals surface area contributed by atoms with Crippen molar-refractivity contribution in [3.05, 3.63) is 101 Å². The molecule has 0 bridgehead atoms. The molecule has 0 amide bonds. The number of carbonyl (C=O) groups is 2. The minimum absolute atomic E-state index is 0.0925. The van der Waals surface area contributed by atoms with Crippen LogP contribution in [0, 0.1) is 0 Å². The average molecular weight is 401 g/mol. The summed E-state index contributed by atoms with van der Waals surface area (Å²) in [6.45, 7) is 0.113. The van der Waals surface area contributed by atoms with Crippen LogP contribution in [-0.4, -0.2) is 26.7 Å². The number of nitrogens with zero attached hydrogens (tertiary/aromatic N) is 1. The van der Waals surface area contributed by atoms with Gasteiger partial charge in [-0.3, -0.25) is 0 Å². The van der Waals surface area contributed by atoms with Gasteiger partial charge in [0.25, 0.3) is 0 Å². The number of carboxylic acids is 1. The molecule has 6 heteroatoms. The summed E-state index contributed by atoms with van der Waals surface area (Å²) < 4.78 is 7.05. The molecule has 0 unspecified atom stereocenters. The Morgan fingerprint density at radius 2 is 1.57 bits per heavy atom. The van der Waals surface area contributed by atoms with Gasteiger partial charge in [-0.15, -0.1) is 0 Å². The number of hydrogen-bond acceptors (Lipinski definition) is 4. The normalized spacial score (nSPS) is 10.8. The monoisotopic (exact) mass is 401 g/mol. The van der Waals surface area contributed by atoms with Crippen molar-refractivity contribution in [2.24, 2.45) is 0 Å². The van der Waals surface area contributed by atoms with Crippen molar-refractivity contribution in [2.45, 2.75) is 13.2 Å². The van der Waals surface area contributed by atoms with Crippen molar-refractivity contribution < 1.29 is 24.5 Å². The van der Waals surface area contributed by atoms with Gasteiger partial charge in [-0.25, -0.2) is 9.59 Å². The molecule has 0 saturated heterocycles. The highest BCUT2D eigenvalue weighted by atomic mass is 16.5. The van der Waals surface area contributed by atoms with Crippen molar-refractivity contribution in [3.63, 3.8) is 0 Å². The van der Waals surface area contributed by atoms with E-state index in [0.717, 1.165) is 10.9 Å². The van der Waals surface area contributed by atoms with E-state index in [4.69, 9.17) is 9.84 Å². The third-order valence-corrected chi connectivity index (χ3v) is 4.92. The van der Waals surface area contributed by atoms with Crippen LogP contribution in [0.25, 0.3) is 10.8 Å². The molecular formula is C24H19NO5. The number of carbonyl (C=O) groups excluding carboxylic acids is 1. The molecule has 0 radical (unpaired) electrons. The van der Waals surface area contributed by atoms with E-state index in [1.54, 1.807) is 47.3 Å². The van der Waals surface area contributed by atoms with Gasteiger partial charge in [-0.2, -0.15) is 0 Å². The van der Waals surface area contributed by atoms with Gasteiger partial charge in [0.05, 0.1) is 11.1 Å². The fourth-order valence-corrected chi connectivity index (χ4v) is 3.28. The molecule has 150 valence electrons. The Balaban J connectivity index is 1.57. The van der Waals surface area contributed by atoms with E-state index in [2.05, 4.69) is 0 Å². The third kappa shape index (κ3) is 4.03. The number of aromatic carboxylic acids is 1. The third-order valence-electron chi connectivity index (χ3n) is 4.92. The second-order valence-corrected chi connectivity index (χ2v) is 6.95. The highest BCUT2D eigenvalue weighted by molar-refractivity contribution is 5.98. The zero-order valence-corrected chi connectivity index (χ0v) is 16.0. The highest BCUT2D eigenvalue weighted by Gasteiger charge is 2.13. The van der Waals surface area contributed by atoms with E-state index < -0.39 is 11.9 Å². The number of rotatable bonds is 6. The maximum absolute atomic E-state index is 12.4. The van der Waals surface area contributed by atoms with E-state index >= 15 is 0 Å². The second kappa shape index (κ2) is 8.13. The van der Waals surface area contributed by atoms with Gasteiger partial charge in [0.15, 0.2) is 6.73 Å². The zero-order chi connectivity index (χ0) is 21.1. The highest BCUT2D eigenvalue weighted by Crippen LogP contribution is 2.31. The SMILES string of the molecule is O=C(O)c1ccc(Cc2ccc3ccc(C(=O)OCn4cccc4)cc3c2O)cc1. The van der Waals surface area contributed by atoms with Crippen molar-refractivity contribution >= 4 is 22.7 Å². The Bertz CT molecular complexity index is 1210. The molecule has 4 rings (SSSR count). The molecule has 0 aliphatic carbocycles. The van der Waals surface area contributed by atoms with Crippen molar-refractivity contribution in [1.82, 2.24) is 4.57 Å². The number of phenolic OH excluding ortho intramolecular Hbond substituents is 1. The van der Waals surface area contributed by atoms with Gasteiger partial charge in [0.2, 0.25) is 0 Å². The lowest BCUT2D eigenvalue weighted by molar-refractivity contribution is 0.0372. The molecular weight excluding hydrogens is 382 g/mol. The Morgan fingerprint density at radius 1 is 0.900 bits per heavy atom. The predicted molar refractivity (Wildman–Crippen MR) is 112 cm³/mol. The van der Waals surface area contributed by atoms with Crippen molar-refractivity contribution in [2.75, 3.05) is 0 Å². The fourth-order valence-electron chi connectivity index (χ4n) is 3.28. The molecule has 6 nitrogen and oxygen atoms in total. The summed E-state index contributed by atoms with van der Waals surface area (Å²) in [6.07, 6.45) is 4.04. The average Bonchev–Trinajstić information content (AvgIpc) is 3.28. The Hall–Kier alpha value is -4.06. The summed E-state index contributed by atoms with van der Waals surface area (Å²) in [4.78, 5) is 23.4. The van der Waals surface area contributed by atoms with Crippen LogP contribution in [0.3, 0.4) is 0 Å². The quantitative estimate of drug-likeness (QED) is 0.466. The lowest BCUT2D eigenvalue weighted by Crippen LogP contribution is -2.08. The molecule has 0 aliphatic rings. The van der Waals surface area contributed by atoms with E-state index in [1.807, 2.05) is 24.3 Å². The molecule has 0 saturated carbocycles. The van der Waals surface area contributed by atoms with E-state index in [-0.39, 0.29) is 18.0 Å². The fraction of sp³-hybridized carbons (Fsp3) is 0.0833. The number of hydrogen-bond donors (Lipinski definition) is 2. The molecule has 3 aromatic carbocycles. The Morgan fingerprint density at radius 3 is 2.27 bits per heavy atom. The van der Waals surface area contributed by atoms with Crippen LogP contribution in [0.4, 0.5) is 0 Å².